The molecule has 1 aromatic heterocycles. The first-order chi connectivity index (χ1) is 11.0. The van der Waals surface area contributed by atoms with Gasteiger partial charge in [-0.05, 0) is 60.4 Å². The first-order valence-corrected chi connectivity index (χ1v) is 8.35. The third-order valence-corrected chi connectivity index (χ3v) is 4.83. The molecular formula is C16H11ClN2O2S2. The Bertz CT molecular complexity index is 857. The van der Waals surface area contributed by atoms with Crippen molar-refractivity contribution in [2.75, 3.05) is 4.90 Å². The van der Waals surface area contributed by atoms with E-state index in [0.29, 0.717) is 10.7 Å². The monoisotopic (exact) mass is 362 g/mol. The van der Waals surface area contributed by atoms with E-state index in [2.05, 4.69) is 5.32 Å². The molecule has 0 atom stereocenters. The molecule has 1 aromatic carbocycles. The summed E-state index contributed by atoms with van der Waals surface area (Å²) in [6.07, 6.45) is 1.59. The summed E-state index contributed by atoms with van der Waals surface area (Å²) in [5, 5.41) is 4.98. The highest BCUT2D eigenvalue weighted by Crippen LogP contribution is 2.26. The Labute approximate surface area is 147 Å². The van der Waals surface area contributed by atoms with E-state index in [0.717, 1.165) is 10.4 Å². The maximum Gasteiger partial charge on any atom is 0.270 e. The van der Waals surface area contributed by atoms with Crippen molar-refractivity contribution >= 4 is 63.8 Å². The lowest BCUT2D eigenvalue weighted by Crippen LogP contribution is -2.54. The van der Waals surface area contributed by atoms with E-state index >= 15 is 0 Å². The number of anilines is 1. The summed E-state index contributed by atoms with van der Waals surface area (Å²) in [7, 11) is 0. The van der Waals surface area contributed by atoms with Crippen molar-refractivity contribution in [3.63, 3.8) is 0 Å². The molecule has 1 saturated heterocycles. The molecule has 7 heteroatoms. The molecule has 4 nitrogen and oxygen atoms in total. The van der Waals surface area contributed by atoms with Gasteiger partial charge in [0.2, 0.25) is 0 Å². The predicted octanol–water partition coefficient (Wildman–Crippen LogP) is 3.54. The van der Waals surface area contributed by atoms with Crippen LogP contribution in [-0.2, 0) is 9.59 Å². The second-order valence-electron chi connectivity index (χ2n) is 4.91. The summed E-state index contributed by atoms with van der Waals surface area (Å²) >= 11 is 12.6. The lowest BCUT2D eigenvalue weighted by Gasteiger charge is -2.28. The van der Waals surface area contributed by atoms with Crippen LogP contribution in [0.3, 0.4) is 0 Å². The van der Waals surface area contributed by atoms with Gasteiger partial charge in [-0.3, -0.25) is 19.8 Å². The Morgan fingerprint density at radius 1 is 1.30 bits per heavy atom. The molecule has 1 aliphatic heterocycles. The molecule has 23 heavy (non-hydrogen) atoms. The van der Waals surface area contributed by atoms with E-state index < -0.39 is 11.8 Å². The molecule has 0 aliphatic carbocycles. The minimum Gasteiger partial charge on any atom is -0.298 e. The molecule has 0 spiro atoms. The third-order valence-electron chi connectivity index (χ3n) is 3.35. The number of hydrogen-bond donors (Lipinski definition) is 1. The minimum absolute atomic E-state index is 0.0438. The van der Waals surface area contributed by atoms with Gasteiger partial charge in [0.25, 0.3) is 11.8 Å². The molecule has 0 saturated carbocycles. The number of halogens is 1. The van der Waals surface area contributed by atoms with Crippen LogP contribution >= 0.6 is 35.2 Å². The number of nitrogens with zero attached hydrogens (tertiary/aromatic N) is 1. The minimum atomic E-state index is -0.494. The van der Waals surface area contributed by atoms with Gasteiger partial charge < -0.3 is 0 Å². The Morgan fingerprint density at radius 2 is 2.09 bits per heavy atom. The number of benzene rings is 1. The van der Waals surface area contributed by atoms with Crippen LogP contribution in [0.2, 0.25) is 5.02 Å². The SMILES string of the molecule is Cc1ccsc1/C=C1\C(=O)NC(=S)N(c2cccc(Cl)c2)C1=O. The second kappa shape index (κ2) is 6.23. The van der Waals surface area contributed by atoms with Gasteiger partial charge in [0.15, 0.2) is 5.11 Å². The Kier molecular flexibility index (Phi) is 4.30. The molecule has 2 aromatic rings. The van der Waals surface area contributed by atoms with Gasteiger partial charge in [-0.25, -0.2) is 0 Å². The van der Waals surface area contributed by atoms with E-state index in [1.54, 1.807) is 30.3 Å². The summed E-state index contributed by atoms with van der Waals surface area (Å²) in [6.45, 7) is 1.92. The molecule has 3 rings (SSSR count). The van der Waals surface area contributed by atoms with Crippen LogP contribution in [0.4, 0.5) is 5.69 Å². The Balaban J connectivity index is 2.04. The van der Waals surface area contributed by atoms with Crippen LogP contribution in [0, 0.1) is 6.92 Å². The standard InChI is InChI=1S/C16H11ClN2O2S2/c1-9-5-6-23-13(9)8-12-14(20)18-16(22)19(15(12)21)11-4-2-3-10(17)7-11/h2-8H,1H3,(H,18,20,22)/b12-8+. The van der Waals surface area contributed by atoms with Crippen LogP contribution < -0.4 is 10.2 Å². The molecule has 1 fully saturated rings. The molecule has 0 bridgehead atoms. The fourth-order valence-corrected chi connectivity index (χ4v) is 3.49. The smallest absolute Gasteiger partial charge is 0.270 e. The lowest BCUT2D eigenvalue weighted by atomic mass is 10.1. The van der Waals surface area contributed by atoms with Crippen LogP contribution in [0.15, 0.2) is 41.3 Å². The average Bonchev–Trinajstić information content (AvgIpc) is 2.88. The zero-order valence-corrected chi connectivity index (χ0v) is 14.4. The van der Waals surface area contributed by atoms with Crippen molar-refractivity contribution in [2.45, 2.75) is 6.92 Å². The summed E-state index contributed by atoms with van der Waals surface area (Å²) in [4.78, 5) is 27.1. The van der Waals surface area contributed by atoms with Gasteiger partial charge in [0.1, 0.15) is 5.57 Å². The number of nitrogens with one attached hydrogen (secondary N) is 1. The van der Waals surface area contributed by atoms with Crippen LogP contribution in [0.25, 0.3) is 6.08 Å². The maximum absolute atomic E-state index is 12.8. The molecule has 2 heterocycles. The fraction of sp³-hybridized carbons (Fsp3) is 0.0625. The predicted molar refractivity (Wildman–Crippen MR) is 96.7 cm³/mol. The van der Waals surface area contributed by atoms with Gasteiger partial charge in [0.05, 0.1) is 5.69 Å². The molecule has 2 amide bonds. The molecule has 1 aliphatic rings. The Morgan fingerprint density at radius 3 is 2.74 bits per heavy atom. The van der Waals surface area contributed by atoms with Crippen LogP contribution in [0.1, 0.15) is 10.4 Å². The summed E-state index contributed by atoms with van der Waals surface area (Å²) in [5.41, 5.74) is 1.57. The van der Waals surface area contributed by atoms with Crippen molar-refractivity contribution in [1.29, 1.82) is 0 Å². The summed E-state index contributed by atoms with van der Waals surface area (Å²) < 4.78 is 0. The highest BCUT2D eigenvalue weighted by atomic mass is 35.5. The van der Waals surface area contributed by atoms with Crippen LogP contribution in [-0.4, -0.2) is 16.9 Å². The molecule has 0 radical (unpaired) electrons. The highest BCUT2D eigenvalue weighted by Gasteiger charge is 2.34. The van der Waals surface area contributed by atoms with Gasteiger partial charge in [-0.15, -0.1) is 11.3 Å². The Hall–Kier alpha value is -2.02. The van der Waals surface area contributed by atoms with E-state index in [-0.39, 0.29) is 10.7 Å². The van der Waals surface area contributed by atoms with Gasteiger partial charge in [-0.2, -0.15) is 0 Å². The molecule has 116 valence electrons. The fourth-order valence-electron chi connectivity index (χ4n) is 2.17. The van der Waals surface area contributed by atoms with Crippen molar-refractivity contribution in [3.8, 4) is 0 Å². The quantitative estimate of drug-likeness (QED) is 0.505. The van der Waals surface area contributed by atoms with Gasteiger partial charge in [-0.1, -0.05) is 17.7 Å². The van der Waals surface area contributed by atoms with Crippen molar-refractivity contribution < 1.29 is 9.59 Å². The van der Waals surface area contributed by atoms with E-state index in [4.69, 9.17) is 23.8 Å². The zero-order chi connectivity index (χ0) is 16.6. The number of rotatable bonds is 2. The normalized spacial score (nSPS) is 16.9. The number of carbonyl (C=O) groups is 2. The van der Waals surface area contributed by atoms with Crippen molar-refractivity contribution in [1.82, 2.24) is 5.32 Å². The number of carbonyl (C=O) groups excluding carboxylic acids is 2. The van der Waals surface area contributed by atoms with Crippen LogP contribution in [0.5, 0.6) is 0 Å². The third kappa shape index (κ3) is 3.06. The average molecular weight is 363 g/mol. The van der Waals surface area contributed by atoms with E-state index in [9.17, 15) is 9.59 Å². The topological polar surface area (TPSA) is 49.4 Å². The summed E-state index contributed by atoms with van der Waals surface area (Å²) in [5.74, 6) is -0.958. The van der Waals surface area contributed by atoms with E-state index in [1.807, 2.05) is 18.4 Å². The summed E-state index contributed by atoms with van der Waals surface area (Å²) in [6, 6.07) is 8.68. The van der Waals surface area contributed by atoms with Crippen molar-refractivity contribution in [3.05, 3.63) is 56.7 Å². The lowest BCUT2D eigenvalue weighted by molar-refractivity contribution is -0.122. The first-order valence-electron chi connectivity index (χ1n) is 6.68. The molecule has 1 N–H and O–H groups in total. The zero-order valence-electron chi connectivity index (χ0n) is 12.0. The largest absolute Gasteiger partial charge is 0.298 e. The van der Waals surface area contributed by atoms with Crippen molar-refractivity contribution in [2.24, 2.45) is 0 Å². The number of hydrogen-bond acceptors (Lipinski definition) is 4. The second-order valence-corrected chi connectivity index (χ2v) is 6.68. The number of aryl methyl sites for hydroxylation is 1. The molecular weight excluding hydrogens is 352 g/mol. The van der Waals surface area contributed by atoms with Gasteiger partial charge in [0, 0.05) is 9.90 Å². The van der Waals surface area contributed by atoms with Gasteiger partial charge >= 0.3 is 0 Å². The first kappa shape index (κ1) is 15.9. The number of amides is 2. The highest BCUT2D eigenvalue weighted by molar-refractivity contribution is 7.80. The number of thiophene rings is 1. The maximum atomic E-state index is 12.8. The number of thiocarbonyl (C=S) groups is 1. The molecule has 0 unspecified atom stereocenters. The van der Waals surface area contributed by atoms with E-state index in [1.165, 1.54) is 16.2 Å².